The molecule has 0 rings (SSSR count). The van der Waals surface area contributed by atoms with Crippen molar-refractivity contribution in [1.29, 1.82) is 0 Å². The van der Waals surface area contributed by atoms with Crippen molar-refractivity contribution in [3.63, 3.8) is 0 Å². The van der Waals surface area contributed by atoms with Crippen LogP contribution >= 0.6 is 0 Å². The fourth-order valence-electron chi connectivity index (χ4n) is 4.45. The lowest BCUT2D eigenvalue weighted by Gasteiger charge is -2.21. The van der Waals surface area contributed by atoms with Gasteiger partial charge in [-0.25, -0.2) is 0 Å². The first-order valence-corrected chi connectivity index (χ1v) is 16.5. The molecule has 0 saturated heterocycles. The van der Waals surface area contributed by atoms with E-state index in [0.29, 0.717) is 6.42 Å². The maximum atomic E-state index is 12.3. The SMILES string of the molecule is CCCCCCCCC/C=C/C(O)C(CS(=O)(=O)O)NC(=O)CCCCCCCCCCCCCC. The van der Waals surface area contributed by atoms with Crippen molar-refractivity contribution in [3.05, 3.63) is 12.2 Å². The predicted octanol–water partition coefficient (Wildman–Crippen LogP) is 7.51. The maximum Gasteiger partial charge on any atom is 0.267 e. The van der Waals surface area contributed by atoms with Crippen molar-refractivity contribution < 1.29 is 22.9 Å². The van der Waals surface area contributed by atoms with Crippen molar-refractivity contribution >= 4 is 16.0 Å². The molecular weight excluding hydrogens is 474 g/mol. The minimum absolute atomic E-state index is 0.282. The first kappa shape index (κ1) is 35.1. The third kappa shape index (κ3) is 24.8. The monoisotopic (exact) mass is 531 g/mol. The van der Waals surface area contributed by atoms with E-state index in [1.54, 1.807) is 0 Å². The van der Waals surface area contributed by atoms with Crippen LogP contribution in [0.25, 0.3) is 0 Å². The summed E-state index contributed by atoms with van der Waals surface area (Å²) in [5.41, 5.74) is 0. The molecule has 2 unspecified atom stereocenters. The number of hydrogen-bond acceptors (Lipinski definition) is 4. The Hall–Kier alpha value is -0.920. The minimum Gasteiger partial charge on any atom is -0.387 e. The van der Waals surface area contributed by atoms with E-state index in [-0.39, 0.29) is 5.91 Å². The van der Waals surface area contributed by atoms with Crippen LogP contribution in [-0.4, -0.2) is 41.9 Å². The summed E-state index contributed by atoms with van der Waals surface area (Å²) in [5, 5.41) is 13.0. The zero-order valence-corrected chi connectivity index (χ0v) is 24.2. The smallest absolute Gasteiger partial charge is 0.267 e. The number of amides is 1. The maximum absolute atomic E-state index is 12.3. The van der Waals surface area contributed by atoms with E-state index in [9.17, 15) is 22.9 Å². The average molecular weight is 532 g/mol. The van der Waals surface area contributed by atoms with Gasteiger partial charge < -0.3 is 10.4 Å². The second-order valence-electron chi connectivity index (χ2n) is 10.4. The van der Waals surface area contributed by atoms with Gasteiger partial charge >= 0.3 is 0 Å². The molecule has 0 bridgehead atoms. The van der Waals surface area contributed by atoms with Crippen LogP contribution in [-0.2, 0) is 14.9 Å². The van der Waals surface area contributed by atoms with Crippen LogP contribution < -0.4 is 5.32 Å². The van der Waals surface area contributed by atoms with Gasteiger partial charge in [0.2, 0.25) is 5.91 Å². The van der Waals surface area contributed by atoms with E-state index in [4.69, 9.17) is 0 Å². The van der Waals surface area contributed by atoms with E-state index < -0.39 is 28.0 Å². The van der Waals surface area contributed by atoms with Gasteiger partial charge in [0.05, 0.1) is 17.9 Å². The summed E-state index contributed by atoms with van der Waals surface area (Å²) < 4.78 is 32.0. The number of hydrogen-bond donors (Lipinski definition) is 3. The Morgan fingerprint density at radius 1 is 0.722 bits per heavy atom. The van der Waals surface area contributed by atoms with Crippen LogP contribution in [0.3, 0.4) is 0 Å². The summed E-state index contributed by atoms with van der Waals surface area (Å²) in [6, 6.07) is -1.05. The predicted molar refractivity (Wildman–Crippen MR) is 152 cm³/mol. The fraction of sp³-hybridized carbons (Fsp3) is 0.897. The Morgan fingerprint density at radius 2 is 1.14 bits per heavy atom. The Balaban J connectivity index is 4.09. The lowest BCUT2D eigenvalue weighted by molar-refractivity contribution is -0.122. The summed E-state index contributed by atoms with van der Waals surface area (Å²) in [6.07, 6.45) is 26.3. The second-order valence-corrected chi connectivity index (χ2v) is 11.9. The van der Waals surface area contributed by atoms with Gasteiger partial charge in [-0.05, 0) is 19.3 Å². The van der Waals surface area contributed by atoms with Gasteiger partial charge in [0.1, 0.15) is 0 Å². The molecule has 0 aromatic carbocycles. The molecule has 3 N–H and O–H groups in total. The Morgan fingerprint density at radius 3 is 1.58 bits per heavy atom. The van der Waals surface area contributed by atoms with Crippen molar-refractivity contribution in [2.45, 2.75) is 161 Å². The van der Waals surface area contributed by atoms with Crippen LogP contribution in [0, 0.1) is 0 Å². The van der Waals surface area contributed by atoms with Gasteiger partial charge in [-0.1, -0.05) is 135 Å². The molecule has 0 heterocycles. The van der Waals surface area contributed by atoms with Gasteiger partial charge in [-0.3, -0.25) is 9.35 Å². The topological polar surface area (TPSA) is 104 Å². The Bertz CT molecular complexity index is 636. The number of carbonyl (C=O) groups is 1. The van der Waals surface area contributed by atoms with Crippen molar-refractivity contribution in [2.75, 3.05) is 5.75 Å². The number of nitrogens with one attached hydrogen (secondary N) is 1. The fourth-order valence-corrected chi connectivity index (χ4v) is 5.18. The first-order valence-electron chi connectivity index (χ1n) is 14.9. The lowest BCUT2D eigenvalue weighted by Crippen LogP contribution is -2.46. The minimum atomic E-state index is -4.32. The average Bonchev–Trinajstić information content (AvgIpc) is 2.82. The molecule has 214 valence electrons. The van der Waals surface area contributed by atoms with E-state index in [2.05, 4.69) is 19.2 Å². The highest BCUT2D eigenvalue weighted by molar-refractivity contribution is 7.85. The number of unbranched alkanes of at least 4 members (excludes halogenated alkanes) is 18. The number of carbonyl (C=O) groups excluding carboxylic acids is 1. The highest BCUT2D eigenvalue weighted by atomic mass is 32.2. The zero-order chi connectivity index (χ0) is 26.9. The lowest BCUT2D eigenvalue weighted by atomic mass is 10.0. The molecule has 6 nitrogen and oxygen atoms in total. The van der Waals surface area contributed by atoms with Crippen LogP contribution in [0.2, 0.25) is 0 Å². The number of aliphatic hydroxyl groups excluding tert-OH is 1. The zero-order valence-electron chi connectivity index (χ0n) is 23.4. The van der Waals surface area contributed by atoms with Crippen molar-refractivity contribution in [3.8, 4) is 0 Å². The van der Waals surface area contributed by atoms with Gasteiger partial charge in [0.15, 0.2) is 0 Å². The molecule has 0 radical (unpaired) electrons. The van der Waals surface area contributed by atoms with Gasteiger partial charge in [-0.15, -0.1) is 0 Å². The normalized spacial score (nSPS) is 13.8. The largest absolute Gasteiger partial charge is 0.387 e. The van der Waals surface area contributed by atoms with E-state index in [1.807, 2.05) is 6.08 Å². The molecule has 0 aromatic rings. The molecule has 2 atom stereocenters. The highest BCUT2D eigenvalue weighted by Gasteiger charge is 2.24. The molecule has 0 fully saturated rings. The first-order chi connectivity index (χ1) is 17.3. The Kier molecular flexibility index (Phi) is 23.8. The number of allylic oxidation sites excluding steroid dienone is 1. The van der Waals surface area contributed by atoms with Gasteiger partial charge in [0.25, 0.3) is 10.1 Å². The standard InChI is InChI=1S/C29H57NO5S/c1-3-5-7-9-11-13-14-15-17-19-21-23-25-29(32)30-27(26-36(33,34)35)28(31)24-22-20-18-16-12-10-8-6-4-2/h22,24,27-28,31H,3-21,23,25-26H2,1-2H3,(H,30,32)(H,33,34,35)/b24-22+. The van der Waals surface area contributed by atoms with Gasteiger partial charge in [-0.2, -0.15) is 8.42 Å². The Labute approximate surface area is 222 Å². The summed E-state index contributed by atoms with van der Waals surface area (Å²) >= 11 is 0. The van der Waals surface area contributed by atoms with Crippen LogP contribution in [0.4, 0.5) is 0 Å². The van der Waals surface area contributed by atoms with Crippen LogP contribution in [0.5, 0.6) is 0 Å². The number of rotatable bonds is 26. The second kappa shape index (κ2) is 24.4. The van der Waals surface area contributed by atoms with Crippen molar-refractivity contribution in [1.82, 2.24) is 5.32 Å². The molecule has 0 aliphatic heterocycles. The molecule has 0 aliphatic rings. The molecule has 0 spiro atoms. The third-order valence-corrected chi connectivity index (χ3v) is 7.49. The molecule has 0 aromatic heterocycles. The molecular formula is C29H57NO5S. The van der Waals surface area contributed by atoms with E-state index >= 15 is 0 Å². The van der Waals surface area contributed by atoms with Crippen molar-refractivity contribution in [2.24, 2.45) is 0 Å². The van der Waals surface area contributed by atoms with Gasteiger partial charge in [0, 0.05) is 6.42 Å². The van der Waals surface area contributed by atoms with E-state index in [1.165, 1.54) is 96.0 Å². The molecule has 0 saturated carbocycles. The third-order valence-electron chi connectivity index (χ3n) is 6.71. The highest BCUT2D eigenvalue weighted by Crippen LogP contribution is 2.13. The number of aliphatic hydroxyl groups is 1. The molecule has 0 aliphatic carbocycles. The molecule has 36 heavy (non-hydrogen) atoms. The quantitative estimate of drug-likeness (QED) is 0.0609. The van der Waals surface area contributed by atoms with Crippen LogP contribution in [0.15, 0.2) is 12.2 Å². The summed E-state index contributed by atoms with van der Waals surface area (Å²) in [4.78, 5) is 12.3. The summed E-state index contributed by atoms with van der Waals surface area (Å²) in [5.74, 6) is -0.976. The van der Waals surface area contributed by atoms with E-state index in [0.717, 1.165) is 38.5 Å². The summed E-state index contributed by atoms with van der Waals surface area (Å²) in [7, 11) is -4.32. The summed E-state index contributed by atoms with van der Waals surface area (Å²) in [6.45, 7) is 4.44. The molecule has 1 amide bonds. The van der Waals surface area contributed by atoms with Crippen LogP contribution in [0.1, 0.15) is 149 Å². The molecule has 7 heteroatoms.